The van der Waals surface area contributed by atoms with Crippen molar-refractivity contribution in [1.82, 2.24) is 4.90 Å². The molecule has 1 aromatic rings. The molecule has 13 heavy (non-hydrogen) atoms. The predicted molar refractivity (Wildman–Crippen MR) is 45.2 cm³/mol. The van der Waals surface area contributed by atoms with Crippen molar-refractivity contribution in [2.75, 3.05) is 13.1 Å². The van der Waals surface area contributed by atoms with Crippen LogP contribution in [0.4, 0.5) is 0 Å². The summed E-state index contributed by atoms with van der Waals surface area (Å²) in [6.45, 7) is 1.06. The zero-order valence-electron chi connectivity index (χ0n) is 7.14. The molecule has 0 radical (unpaired) electrons. The van der Waals surface area contributed by atoms with E-state index >= 15 is 0 Å². The van der Waals surface area contributed by atoms with Gasteiger partial charge in [0, 0.05) is 13.1 Å². The summed E-state index contributed by atoms with van der Waals surface area (Å²) >= 11 is 0. The Morgan fingerprint density at radius 3 is 3.08 bits per heavy atom. The lowest BCUT2D eigenvalue weighted by Gasteiger charge is -2.13. The molecule has 1 fully saturated rings. The number of aliphatic hydroxyl groups excluding tert-OH is 1. The van der Waals surface area contributed by atoms with Gasteiger partial charge in [-0.1, -0.05) is 0 Å². The number of hydrogen-bond donors (Lipinski definition) is 1. The zero-order chi connectivity index (χ0) is 9.26. The Balaban J connectivity index is 2.06. The minimum absolute atomic E-state index is 0.0645. The van der Waals surface area contributed by atoms with Crippen molar-refractivity contribution in [3.05, 3.63) is 24.2 Å². The standard InChI is InChI=1S/C9H11NO3/c11-8-1-3-10(5-8)9(12)7-2-4-13-6-7/h2,4,6,8,11H,1,3,5H2/t8-/m0/s1. The molecule has 0 bridgehead atoms. The second-order valence-corrected chi connectivity index (χ2v) is 3.21. The maximum Gasteiger partial charge on any atom is 0.257 e. The molecule has 0 aromatic carbocycles. The van der Waals surface area contributed by atoms with Gasteiger partial charge in [0.2, 0.25) is 0 Å². The first-order valence-electron chi connectivity index (χ1n) is 4.27. The summed E-state index contributed by atoms with van der Waals surface area (Å²) in [7, 11) is 0. The van der Waals surface area contributed by atoms with Crippen molar-refractivity contribution in [2.45, 2.75) is 12.5 Å². The molecule has 1 amide bonds. The highest BCUT2D eigenvalue weighted by Gasteiger charge is 2.25. The number of carbonyl (C=O) groups is 1. The van der Waals surface area contributed by atoms with Crippen LogP contribution in [0.3, 0.4) is 0 Å². The number of β-amino-alcohol motifs (C(OH)–C–C–N with tert-alkyl or cyclic N) is 1. The minimum Gasteiger partial charge on any atom is -0.472 e. The van der Waals surface area contributed by atoms with Crippen LogP contribution in [0.1, 0.15) is 16.8 Å². The number of amides is 1. The number of furan rings is 1. The molecule has 1 N–H and O–H groups in total. The first-order valence-corrected chi connectivity index (χ1v) is 4.27. The topological polar surface area (TPSA) is 53.7 Å². The lowest BCUT2D eigenvalue weighted by Crippen LogP contribution is -2.29. The van der Waals surface area contributed by atoms with Crippen LogP contribution in [0, 0.1) is 0 Å². The first-order chi connectivity index (χ1) is 6.27. The third-order valence-electron chi connectivity index (χ3n) is 2.22. The molecular formula is C9H11NO3. The number of nitrogens with zero attached hydrogens (tertiary/aromatic N) is 1. The summed E-state index contributed by atoms with van der Waals surface area (Å²) in [4.78, 5) is 13.2. The highest BCUT2D eigenvalue weighted by Crippen LogP contribution is 2.13. The molecule has 1 saturated heterocycles. The number of rotatable bonds is 1. The van der Waals surface area contributed by atoms with Crippen molar-refractivity contribution >= 4 is 5.91 Å². The van der Waals surface area contributed by atoms with E-state index in [9.17, 15) is 9.90 Å². The third-order valence-corrected chi connectivity index (χ3v) is 2.22. The van der Waals surface area contributed by atoms with E-state index in [1.54, 1.807) is 11.0 Å². The van der Waals surface area contributed by atoms with Crippen LogP contribution >= 0.6 is 0 Å². The Bertz CT molecular complexity index is 294. The van der Waals surface area contributed by atoms with Gasteiger partial charge in [0.05, 0.1) is 17.9 Å². The number of aliphatic hydroxyl groups is 1. The normalized spacial score (nSPS) is 22.2. The van der Waals surface area contributed by atoms with Gasteiger partial charge in [-0.15, -0.1) is 0 Å². The molecule has 4 nitrogen and oxygen atoms in total. The van der Waals surface area contributed by atoms with Crippen molar-refractivity contribution in [3.63, 3.8) is 0 Å². The van der Waals surface area contributed by atoms with Crippen LogP contribution in [0.5, 0.6) is 0 Å². The summed E-state index contributed by atoms with van der Waals surface area (Å²) in [6, 6.07) is 1.63. The van der Waals surface area contributed by atoms with Crippen LogP contribution in [-0.4, -0.2) is 35.1 Å². The monoisotopic (exact) mass is 181 g/mol. The van der Waals surface area contributed by atoms with Crippen LogP contribution in [0.15, 0.2) is 23.0 Å². The molecule has 70 valence electrons. The highest BCUT2D eigenvalue weighted by molar-refractivity contribution is 5.94. The molecule has 0 spiro atoms. The maximum absolute atomic E-state index is 11.6. The SMILES string of the molecule is O=C(c1ccoc1)N1CC[C@H](O)C1. The van der Waals surface area contributed by atoms with E-state index in [1.807, 2.05) is 0 Å². The van der Waals surface area contributed by atoms with Crippen molar-refractivity contribution in [2.24, 2.45) is 0 Å². The molecule has 0 saturated carbocycles. The van der Waals surface area contributed by atoms with Gasteiger partial charge in [0.25, 0.3) is 5.91 Å². The lowest BCUT2D eigenvalue weighted by atomic mass is 10.3. The van der Waals surface area contributed by atoms with Gasteiger partial charge in [-0.25, -0.2) is 0 Å². The fourth-order valence-corrected chi connectivity index (χ4v) is 1.50. The molecular weight excluding hydrogens is 170 g/mol. The smallest absolute Gasteiger partial charge is 0.257 e. The molecule has 4 heteroatoms. The summed E-state index contributed by atoms with van der Waals surface area (Å²) in [5, 5.41) is 9.23. The average molecular weight is 181 g/mol. The lowest BCUT2D eigenvalue weighted by molar-refractivity contribution is 0.0764. The van der Waals surface area contributed by atoms with Gasteiger partial charge >= 0.3 is 0 Å². The van der Waals surface area contributed by atoms with E-state index in [0.717, 1.165) is 0 Å². The molecule has 1 aromatic heterocycles. The molecule has 2 heterocycles. The summed E-state index contributed by atoms with van der Waals surface area (Å²) in [6.07, 6.45) is 3.20. The van der Waals surface area contributed by atoms with E-state index in [4.69, 9.17) is 4.42 Å². The van der Waals surface area contributed by atoms with Crippen molar-refractivity contribution < 1.29 is 14.3 Å². The van der Waals surface area contributed by atoms with E-state index in [1.165, 1.54) is 12.5 Å². The average Bonchev–Trinajstić information content (AvgIpc) is 2.72. The van der Waals surface area contributed by atoms with Crippen LogP contribution < -0.4 is 0 Å². The molecule has 0 unspecified atom stereocenters. The summed E-state index contributed by atoms with van der Waals surface area (Å²) in [5.41, 5.74) is 0.550. The van der Waals surface area contributed by atoms with E-state index in [0.29, 0.717) is 25.1 Å². The van der Waals surface area contributed by atoms with Gasteiger partial charge in [0.1, 0.15) is 6.26 Å². The van der Waals surface area contributed by atoms with Gasteiger partial charge in [-0.05, 0) is 12.5 Å². The fraction of sp³-hybridized carbons (Fsp3) is 0.444. The first kappa shape index (κ1) is 8.31. The Kier molecular flexibility index (Phi) is 2.06. The fourth-order valence-electron chi connectivity index (χ4n) is 1.50. The Morgan fingerprint density at radius 2 is 2.54 bits per heavy atom. The number of carbonyl (C=O) groups excluding carboxylic acids is 1. The Labute approximate surface area is 75.8 Å². The zero-order valence-corrected chi connectivity index (χ0v) is 7.14. The maximum atomic E-state index is 11.6. The quantitative estimate of drug-likeness (QED) is 0.685. The predicted octanol–water partition coefficient (Wildman–Crippen LogP) is 0.486. The van der Waals surface area contributed by atoms with Crippen LogP contribution in [0.2, 0.25) is 0 Å². The van der Waals surface area contributed by atoms with Gasteiger partial charge in [-0.2, -0.15) is 0 Å². The van der Waals surface area contributed by atoms with E-state index in [2.05, 4.69) is 0 Å². The molecule has 2 rings (SSSR count). The summed E-state index contributed by atoms with van der Waals surface area (Å²) in [5.74, 6) is -0.0645. The number of hydrogen-bond acceptors (Lipinski definition) is 3. The molecule has 0 aliphatic carbocycles. The summed E-state index contributed by atoms with van der Waals surface area (Å²) < 4.78 is 4.81. The highest BCUT2D eigenvalue weighted by atomic mass is 16.3. The van der Waals surface area contributed by atoms with Crippen LogP contribution in [0.25, 0.3) is 0 Å². The molecule has 1 aliphatic heterocycles. The number of likely N-dealkylation sites (tertiary alicyclic amines) is 1. The molecule has 1 atom stereocenters. The second kappa shape index (κ2) is 3.22. The Hall–Kier alpha value is -1.29. The van der Waals surface area contributed by atoms with E-state index < -0.39 is 0 Å². The van der Waals surface area contributed by atoms with E-state index in [-0.39, 0.29) is 12.0 Å². The molecule has 1 aliphatic rings. The third kappa shape index (κ3) is 1.58. The van der Waals surface area contributed by atoms with Crippen molar-refractivity contribution in [3.8, 4) is 0 Å². The Morgan fingerprint density at radius 1 is 1.69 bits per heavy atom. The van der Waals surface area contributed by atoms with Crippen molar-refractivity contribution in [1.29, 1.82) is 0 Å². The largest absolute Gasteiger partial charge is 0.472 e. The van der Waals surface area contributed by atoms with Crippen LogP contribution in [-0.2, 0) is 0 Å². The van der Waals surface area contributed by atoms with Gasteiger partial charge < -0.3 is 14.4 Å². The second-order valence-electron chi connectivity index (χ2n) is 3.21. The van der Waals surface area contributed by atoms with Gasteiger partial charge in [0.15, 0.2) is 0 Å². The minimum atomic E-state index is -0.365. The van der Waals surface area contributed by atoms with Gasteiger partial charge in [-0.3, -0.25) is 4.79 Å².